The highest BCUT2D eigenvalue weighted by molar-refractivity contribution is 5.89. The molecule has 2 heterocycles. The molecule has 0 unspecified atom stereocenters. The zero-order chi connectivity index (χ0) is 17.8. The Morgan fingerprint density at radius 3 is 2.44 bits per heavy atom. The van der Waals surface area contributed by atoms with E-state index in [1.807, 2.05) is 4.90 Å². The van der Waals surface area contributed by atoms with Crippen LogP contribution in [0.1, 0.15) is 26.7 Å². The van der Waals surface area contributed by atoms with Gasteiger partial charge in [0.2, 0.25) is 0 Å². The van der Waals surface area contributed by atoms with Gasteiger partial charge in [-0.25, -0.2) is 9.18 Å². The Kier molecular flexibility index (Phi) is 5.91. The Bertz CT molecular complexity index is 579. The van der Waals surface area contributed by atoms with Gasteiger partial charge in [0.1, 0.15) is 5.82 Å². The van der Waals surface area contributed by atoms with Crippen LogP contribution in [-0.2, 0) is 0 Å². The summed E-state index contributed by atoms with van der Waals surface area (Å²) < 4.78 is 13.2. The van der Waals surface area contributed by atoms with E-state index < -0.39 is 0 Å². The minimum Gasteiger partial charge on any atom is -0.322 e. The van der Waals surface area contributed by atoms with Crippen LogP contribution in [0.5, 0.6) is 0 Å². The quantitative estimate of drug-likeness (QED) is 0.909. The number of nitrogens with zero attached hydrogens (tertiary/aromatic N) is 3. The lowest BCUT2D eigenvalue weighted by molar-refractivity contribution is 0.123. The maximum atomic E-state index is 13.2. The maximum absolute atomic E-state index is 13.2. The highest BCUT2D eigenvalue weighted by Gasteiger charge is 2.28. The largest absolute Gasteiger partial charge is 0.322 e. The van der Waals surface area contributed by atoms with Crippen molar-refractivity contribution in [2.24, 2.45) is 0 Å². The number of amides is 2. The van der Waals surface area contributed by atoms with Gasteiger partial charge in [0, 0.05) is 57.0 Å². The number of piperazine rings is 1. The maximum Gasteiger partial charge on any atom is 0.321 e. The molecule has 5 nitrogen and oxygen atoms in total. The molecule has 2 aliphatic rings. The summed E-state index contributed by atoms with van der Waals surface area (Å²) in [7, 11) is 0. The van der Waals surface area contributed by atoms with Crippen LogP contribution in [0.4, 0.5) is 14.9 Å². The summed E-state index contributed by atoms with van der Waals surface area (Å²) in [6.45, 7) is 10.0. The molecular formula is C19H29FN4O. The normalized spacial score (nSPS) is 25.3. The summed E-state index contributed by atoms with van der Waals surface area (Å²) in [5, 5.41) is 2.78. The van der Waals surface area contributed by atoms with Crippen molar-refractivity contribution in [3.63, 3.8) is 0 Å². The smallest absolute Gasteiger partial charge is 0.321 e. The summed E-state index contributed by atoms with van der Waals surface area (Å²) in [6, 6.07) is 7.25. The minimum atomic E-state index is -0.340. The highest BCUT2D eigenvalue weighted by Crippen LogP contribution is 2.22. The lowest BCUT2D eigenvalue weighted by atomic mass is 10.2. The number of rotatable bonds is 4. The van der Waals surface area contributed by atoms with E-state index in [4.69, 9.17) is 0 Å². The number of halogens is 1. The topological polar surface area (TPSA) is 38.8 Å². The predicted molar refractivity (Wildman–Crippen MR) is 98.3 cm³/mol. The fourth-order valence-electron chi connectivity index (χ4n) is 3.89. The Hall–Kier alpha value is -1.66. The van der Waals surface area contributed by atoms with E-state index in [9.17, 15) is 9.18 Å². The lowest BCUT2D eigenvalue weighted by Gasteiger charge is -2.36. The molecule has 138 valence electrons. The van der Waals surface area contributed by atoms with Crippen molar-refractivity contribution in [2.45, 2.75) is 38.8 Å². The molecule has 2 fully saturated rings. The molecule has 2 aliphatic heterocycles. The molecule has 0 aromatic heterocycles. The second kappa shape index (κ2) is 8.15. The minimum absolute atomic E-state index is 0.146. The molecule has 2 atom stereocenters. The standard InChI is InChI=1S/C19H29FN4O/c1-15-6-7-16(2)24(15)13-10-22-8-11-23(12-9-22)19(25)21-18-5-3-4-17(20)14-18/h3-5,14-16H,6-13H2,1-2H3,(H,21,25)/t15-,16+. The molecule has 1 aromatic carbocycles. The van der Waals surface area contributed by atoms with Crippen molar-refractivity contribution in [1.29, 1.82) is 0 Å². The third kappa shape index (κ3) is 4.70. The number of hydrogen-bond acceptors (Lipinski definition) is 3. The van der Waals surface area contributed by atoms with E-state index in [0.29, 0.717) is 30.9 Å². The fraction of sp³-hybridized carbons (Fsp3) is 0.632. The SMILES string of the molecule is C[C@@H]1CC[C@H](C)N1CCN1CCN(C(=O)Nc2cccc(F)c2)CC1. The van der Waals surface area contributed by atoms with Gasteiger partial charge < -0.3 is 10.2 Å². The van der Waals surface area contributed by atoms with Crippen molar-refractivity contribution in [3.05, 3.63) is 30.1 Å². The van der Waals surface area contributed by atoms with Crippen molar-refractivity contribution < 1.29 is 9.18 Å². The van der Waals surface area contributed by atoms with E-state index in [1.165, 1.54) is 25.0 Å². The van der Waals surface area contributed by atoms with Crippen LogP contribution >= 0.6 is 0 Å². The second-order valence-electron chi connectivity index (χ2n) is 7.28. The van der Waals surface area contributed by atoms with Crippen molar-refractivity contribution >= 4 is 11.7 Å². The summed E-state index contributed by atoms with van der Waals surface area (Å²) >= 11 is 0. The molecule has 2 saturated heterocycles. The molecule has 2 amide bonds. The Morgan fingerprint density at radius 1 is 1.12 bits per heavy atom. The van der Waals surface area contributed by atoms with Gasteiger partial charge in [-0.1, -0.05) is 6.07 Å². The predicted octanol–water partition coefficient (Wildman–Crippen LogP) is 2.85. The number of anilines is 1. The van der Waals surface area contributed by atoms with Crippen molar-refractivity contribution in [2.75, 3.05) is 44.6 Å². The first-order valence-electron chi connectivity index (χ1n) is 9.32. The third-order valence-corrected chi connectivity index (χ3v) is 5.54. The van der Waals surface area contributed by atoms with Crippen LogP contribution in [0.15, 0.2) is 24.3 Å². The van der Waals surface area contributed by atoms with Crippen molar-refractivity contribution in [1.82, 2.24) is 14.7 Å². The highest BCUT2D eigenvalue weighted by atomic mass is 19.1. The molecule has 6 heteroatoms. The van der Waals surface area contributed by atoms with E-state index in [2.05, 4.69) is 29.0 Å². The summed E-state index contributed by atoms with van der Waals surface area (Å²) in [6.07, 6.45) is 2.60. The monoisotopic (exact) mass is 348 g/mol. The third-order valence-electron chi connectivity index (χ3n) is 5.54. The second-order valence-corrected chi connectivity index (χ2v) is 7.28. The Labute approximate surface area is 149 Å². The number of nitrogens with one attached hydrogen (secondary N) is 1. The first-order chi connectivity index (χ1) is 12.0. The number of carbonyl (C=O) groups is 1. The van der Waals surface area contributed by atoms with Gasteiger partial charge in [-0.2, -0.15) is 0 Å². The van der Waals surface area contributed by atoms with Gasteiger partial charge in [0.15, 0.2) is 0 Å². The lowest BCUT2D eigenvalue weighted by Crippen LogP contribution is -2.51. The van der Waals surface area contributed by atoms with E-state index in [1.54, 1.807) is 12.1 Å². The molecule has 0 aliphatic carbocycles. The van der Waals surface area contributed by atoms with Gasteiger partial charge in [-0.15, -0.1) is 0 Å². The average molecular weight is 348 g/mol. The van der Waals surface area contributed by atoms with E-state index in [0.717, 1.165) is 26.2 Å². The van der Waals surface area contributed by atoms with Gasteiger partial charge in [-0.3, -0.25) is 9.80 Å². The first-order valence-corrected chi connectivity index (χ1v) is 9.32. The summed E-state index contributed by atoms with van der Waals surface area (Å²) in [5.74, 6) is -0.340. The number of likely N-dealkylation sites (tertiary alicyclic amines) is 1. The van der Waals surface area contributed by atoms with E-state index >= 15 is 0 Å². The number of urea groups is 1. The Balaban J connectivity index is 1.41. The Morgan fingerprint density at radius 2 is 1.80 bits per heavy atom. The van der Waals surface area contributed by atoms with Gasteiger partial charge >= 0.3 is 6.03 Å². The average Bonchev–Trinajstić information content (AvgIpc) is 2.92. The molecule has 0 saturated carbocycles. The molecular weight excluding hydrogens is 319 g/mol. The van der Waals surface area contributed by atoms with Crippen LogP contribution in [0, 0.1) is 5.82 Å². The van der Waals surface area contributed by atoms with Crippen molar-refractivity contribution in [3.8, 4) is 0 Å². The number of hydrogen-bond donors (Lipinski definition) is 1. The molecule has 3 rings (SSSR count). The molecule has 25 heavy (non-hydrogen) atoms. The molecule has 0 bridgehead atoms. The number of carbonyl (C=O) groups excluding carboxylic acids is 1. The van der Waals surface area contributed by atoms with Crippen LogP contribution in [0.25, 0.3) is 0 Å². The van der Waals surface area contributed by atoms with Gasteiger partial charge in [-0.05, 0) is 44.9 Å². The number of benzene rings is 1. The molecule has 0 radical (unpaired) electrons. The van der Waals surface area contributed by atoms with Crippen LogP contribution in [0.3, 0.4) is 0 Å². The molecule has 0 spiro atoms. The van der Waals surface area contributed by atoms with Crippen LogP contribution < -0.4 is 5.32 Å². The zero-order valence-corrected chi connectivity index (χ0v) is 15.2. The van der Waals surface area contributed by atoms with E-state index in [-0.39, 0.29) is 11.8 Å². The molecule has 1 N–H and O–H groups in total. The first kappa shape index (κ1) is 18.1. The van der Waals surface area contributed by atoms with Crippen LogP contribution in [0.2, 0.25) is 0 Å². The fourth-order valence-corrected chi connectivity index (χ4v) is 3.89. The van der Waals surface area contributed by atoms with Crippen LogP contribution in [-0.4, -0.2) is 72.1 Å². The van der Waals surface area contributed by atoms with Gasteiger partial charge in [0.25, 0.3) is 0 Å². The van der Waals surface area contributed by atoms with Gasteiger partial charge in [0.05, 0.1) is 0 Å². The summed E-state index contributed by atoms with van der Waals surface area (Å²) in [4.78, 5) is 19.1. The zero-order valence-electron chi connectivity index (χ0n) is 15.2. The summed E-state index contributed by atoms with van der Waals surface area (Å²) in [5.41, 5.74) is 0.504. The molecule has 1 aromatic rings.